The standard InChI is InChI=1S/2C18H15N3O.2C7H4N2O6/c2*22-17-10-9-12-5-1-2-6-13(12)14(17)11-19-18-20-15-7-3-4-8-16(15)21-18;2*10-7(11)4-1-5(8(12)13)3-6(2-4)9(14)15/h2*1-10,22H,11H2,(H2,19,20,21);2*1-3H,(H,10,11). The number of phenolic OH excluding ortho intramolecular Hbond substituents is 2. The topological polar surface area (TPSA) is 377 Å². The summed E-state index contributed by atoms with van der Waals surface area (Å²) in [6.07, 6.45) is 0. The summed E-state index contributed by atoms with van der Waals surface area (Å²) in [6.45, 7) is 1.08. The number of non-ortho nitro benzene ring substituents is 4. The van der Waals surface area contributed by atoms with Crippen molar-refractivity contribution >= 4 is 90.2 Å². The smallest absolute Gasteiger partial charge is 0.353 e. The van der Waals surface area contributed by atoms with Gasteiger partial charge in [0.25, 0.3) is 22.7 Å². The SMILES string of the molecule is O=C([O-])c1cc([N+](=O)[O-])cc([N+](=O)[O-])c1.O=C([O-])c1cc([N+](=O)[O-])cc([N+](=O)[O-])c1.Oc1ccc2ccccc2c1CNc1[nH]c2ccccc2[nH+]1.Oc1ccc2ccccc2c1CNc1[nH]c2ccccc2[nH+]1. The van der Waals surface area contributed by atoms with Gasteiger partial charge >= 0.3 is 11.9 Å². The van der Waals surface area contributed by atoms with Gasteiger partial charge in [-0.05, 0) is 57.9 Å². The number of carbonyl (C=O) groups excluding carboxylic acids is 2. The fraction of sp³-hybridized carbons (Fsp3) is 0.0400. The molecule has 0 aliphatic heterocycles. The van der Waals surface area contributed by atoms with Gasteiger partial charge in [-0.1, -0.05) is 84.9 Å². The first-order valence-corrected chi connectivity index (χ1v) is 21.6. The molecule has 0 atom stereocenters. The highest BCUT2D eigenvalue weighted by molar-refractivity contribution is 5.90. The van der Waals surface area contributed by atoms with Gasteiger partial charge in [-0.25, -0.2) is 19.9 Å². The van der Waals surface area contributed by atoms with Crippen LogP contribution in [-0.2, 0) is 13.1 Å². The first-order valence-electron chi connectivity index (χ1n) is 21.6. The molecule has 8 N–H and O–H groups in total. The second-order valence-electron chi connectivity index (χ2n) is 15.7. The number of aromatic nitrogens is 4. The van der Waals surface area contributed by atoms with E-state index in [9.17, 15) is 70.5 Å². The molecule has 24 nitrogen and oxygen atoms in total. The molecule has 0 fully saturated rings. The molecule has 0 saturated carbocycles. The summed E-state index contributed by atoms with van der Waals surface area (Å²) in [6, 6.07) is 43.7. The van der Waals surface area contributed by atoms with E-state index in [1.165, 1.54) is 0 Å². The number of nitrogens with one attached hydrogen (secondary N) is 6. The number of imidazole rings is 2. The fourth-order valence-corrected chi connectivity index (χ4v) is 7.40. The Balaban J connectivity index is 0.000000147. The lowest BCUT2D eigenvalue weighted by atomic mass is 10.0. The van der Waals surface area contributed by atoms with E-state index in [-0.39, 0.29) is 0 Å². The zero-order valence-corrected chi connectivity index (χ0v) is 38.0. The minimum absolute atomic E-state index is 0.308. The number of hydrogen-bond donors (Lipinski definition) is 6. The Kier molecular flexibility index (Phi) is 15.5. The molecule has 10 rings (SSSR count). The molecule has 8 aromatic carbocycles. The van der Waals surface area contributed by atoms with Crippen molar-refractivity contribution in [3.63, 3.8) is 0 Å². The van der Waals surface area contributed by atoms with Crippen molar-refractivity contribution in [1.29, 1.82) is 0 Å². The summed E-state index contributed by atoms with van der Waals surface area (Å²) >= 11 is 0. The van der Waals surface area contributed by atoms with Gasteiger partial charge < -0.3 is 30.0 Å². The number of carboxylic acid groups (broad SMARTS) is 2. The quantitative estimate of drug-likeness (QED) is 0.0551. The summed E-state index contributed by atoms with van der Waals surface area (Å²) in [7, 11) is 0. The van der Waals surface area contributed by atoms with Crippen LogP contribution in [0.3, 0.4) is 0 Å². The van der Waals surface area contributed by atoms with Crippen LogP contribution in [0, 0.1) is 40.5 Å². The molecule has 0 spiro atoms. The second-order valence-corrected chi connectivity index (χ2v) is 15.7. The number of carboxylic acids is 2. The molecule has 0 aliphatic carbocycles. The van der Waals surface area contributed by atoms with E-state index in [1.807, 2.05) is 109 Å². The monoisotopic (exact) mass is 1000 g/mol. The van der Waals surface area contributed by atoms with Gasteiger partial charge in [0.2, 0.25) is 0 Å². The summed E-state index contributed by atoms with van der Waals surface area (Å²) in [5.74, 6) is -1.14. The van der Waals surface area contributed by atoms with E-state index in [0.29, 0.717) is 61.0 Å². The molecular formula is C50H38N10O14. The van der Waals surface area contributed by atoms with Crippen LogP contribution in [0.4, 0.5) is 34.6 Å². The number of hydrogen-bond acceptors (Lipinski definition) is 16. The Morgan fingerprint density at radius 2 is 0.784 bits per heavy atom. The van der Waals surface area contributed by atoms with E-state index >= 15 is 0 Å². The lowest BCUT2D eigenvalue weighted by molar-refractivity contribution is -0.394. The van der Waals surface area contributed by atoms with E-state index in [2.05, 4.69) is 30.6 Å². The number of aromatic hydroxyl groups is 2. The molecule has 2 aromatic heterocycles. The number of phenols is 2. The Hall–Kier alpha value is -11.0. The van der Waals surface area contributed by atoms with E-state index in [0.717, 1.165) is 66.6 Å². The van der Waals surface area contributed by atoms with E-state index in [4.69, 9.17) is 0 Å². The number of anilines is 2. The van der Waals surface area contributed by atoms with E-state index < -0.39 is 65.5 Å². The number of benzene rings is 8. The summed E-state index contributed by atoms with van der Waals surface area (Å²) in [5.41, 5.74) is 2.12. The first-order chi connectivity index (χ1) is 35.4. The third kappa shape index (κ3) is 12.4. The molecule has 2 heterocycles. The van der Waals surface area contributed by atoms with Gasteiger partial charge in [-0.15, -0.1) is 0 Å². The lowest BCUT2D eigenvalue weighted by Gasteiger charge is -2.07. The number of rotatable bonds is 12. The number of nitro benzene ring substituents is 4. The number of nitro groups is 4. The molecule has 0 saturated heterocycles. The molecular weight excluding hydrogens is 965 g/mol. The zero-order chi connectivity index (χ0) is 53.1. The van der Waals surface area contributed by atoms with Crippen LogP contribution in [0.25, 0.3) is 43.6 Å². The van der Waals surface area contributed by atoms with Crippen LogP contribution >= 0.6 is 0 Å². The normalized spacial score (nSPS) is 10.5. The summed E-state index contributed by atoms with van der Waals surface area (Å²) < 4.78 is 0. The molecule has 10 aromatic rings. The molecule has 74 heavy (non-hydrogen) atoms. The predicted octanol–water partition coefficient (Wildman–Crippen LogP) is 6.64. The number of carbonyl (C=O) groups is 2. The molecule has 0 amide bonds. The predicted molar refractivity (Wildman–Crippen MR) is 264 cm³/mol. The number of para-hydroxylation sites is 4. The molecule has 24 heteroatoms. The van der Waals surface area contributed by atoms with Crippen molar-refractivity contribution in [2.24, 2.45) is 0 Å². The summed E-state index contributed by atoms with van der Waals surface area (Å²) in [4.78, 5) is 71.5. The van der Waals surface area contributed by atoms with Crippen LogP contribution in [0.5, 0.6) is 11.5 Å². The maximum absolute atomic E-state index is 10.4. The third-order valence-electron chi connectivity index (χ3n) is 10.9. The Bertz CT molecular complexity index is 3320. The zero-order valence-electron chi connectivity index (χ0n) is 38.0. The van der Waals surface area contributed by atoms with Crippen LogP contribution in [0.2, 0.25) is 0 Å². The average Bonchev–Trinajstić information content (AvgIpc) is 4.02. The van der Waals surface area contributed by atoms with Crippen molar-refractivity contribution in [1.82, 2.24) is 9.97 Å². The second kappa shape index (κ2) is 22.6. The molecule has 0 radical (unpaired) electrons. The van der Waals surface area contributed by atoms with Crippen molar-refractivity contribution in [3.05, 3.63) is 220 Å². The van der Waals surface area contributed by atoms with E-state index in [1.54, 1.807) is 12.1 Å². The van der Waals surface area contributed by atoms with Gasteiger partial charge in [0.15, 0.2) is 0 Å². The van der Waals surface area contributed by atoms with Gasteiger partial charge in [-0.3, -0.25) is 51.1 Å². The van der Waals surface area contributed by atoms with Crippen LogP contribution in [0.1, 0.15) is 31.8 Å². The third-order valence-corrected chi connectivity index (χ3v) is 10.9. The largest absolute Gasteiger partial charge is 0.545 e. The average molecular weight is 1000 g/mol. The lowest BCUT2D eigenvalue weighted by Crippen LogP contribution is -2.22. The first kappa shape index (κ1) is 50.8. The number of nitrogens with zero attached hydrogens (tertiary/aromatic N) is 4. The number of aromatic carboxylic acids is 2. The highest BCUT2D eigenvalue weighted by atomic mass is 16.6. The van der Waals surface area contributed by atoms with Gasteiger partial charge in [0.05, 0.1) is 56.9 Å². The van der Waals surface area contributed by atoms with Crippen molar-refractivity contribution < 1.29 is 59.7 Å². The van der Waals surface area contributed by atoms with Crippen molar-refractivity contribution in [2.45, 2.75) is 13.1 Å². The highest BCUT2D eigenvalue weighted by Gasteiger charge is 2.19. The van der Waals surface area contributed by atoms with Crippen molar-refractivity contribution in [2.75, 3.05) is 10.6 Å². The molecule has 372 valence electrons. The number of fused-ring (bicyclic) bond motifs is 4. The fourth-order valence-electron chi connectivity index (χ4n) is 7.40. The minimum atomic E-state index is -1.71. The molecule has 0 bridgehead atoms. The maximum Gasteiger partial charge on any atom is 0.353 e. The highest BCUT2D eigenvalue weighted by Crippen LogP contribution is 2.30. The molecule has 0 aliphatic rings. The van der Waals surface area contributed by atoms with Gasteiger partial charge in [0, 0.05) is 46.5 Å². The summed E-state index contributed by atoms with van der Waals surface area (Å²) in [5, 5.41) is 93.4. The van der Waals surface area contributed by atoms with Crippen LogP contribution in [0.15, 0.2) is 158 Å². The molecule has 0 unspecified atom stereocenters. The maximum atomic E-state index is 10.4. The Morgan fingerprint density at radius 3 is 1.11 bits per heavy atom. The Labute approximate surface area is 414 Å². The van der Waals surface area contributed by atoms with Crippen molar-refractivity contribution in [3.8, 4) is 11.5 Å². The Morgan fingerprint density at radius 1 is 0.459 bits per heavy atom. The minimum Gasteiger partial charge on any atom is -0.545 e. The van der Waals surface area contributed by atoms with Crippen LogP contribution < -0.4 is 30.8 Å². The number of aromatic amines is 4. The van der Waals surface area contributed by atoms with Gasteiger partial charge in [0.1, 0.15) is 33.6 Å². The van der Waals surface area contributed by atoms with Crippen LogP contribution in [-0.4, -0.2) is 51.8 Å². The number of H-pyrrole nitrogens is 4. The van der Waals surface area contributed by atoms with Gasteiger partial charge in [-0.2, -0.15) is 0 Å².